The molecule has 1 aliphatic carbocycles. The van der Waals surface area contributed by atoms with Crippen LogP contribution >= 0.6 is 0 Å². The van der Waals surface area contributed by atoms with Crippen molar-refractivity contribution >= 4 is 11.6 Å². The molecule has 1 amide bonds. The highest BCUT2D eigenvalue weighted by Gasteiger charge is 2.64. The van der Waals surface area contributed by atoms with Crippen LogP contribution in [0.3, 0.4) is 0 Å². The molecule has 1 aliphatic rings. The average Bonchev–Trinajstić information content (AvgIpc) is 2.54. The van der Waals surface area contributed by atoms with Crippen LogP contribution in [-0.2, 0) is 7.05 Å². The first kappa shape index (κ1) is 13.0. The molecule has 1 heterocycles. The third kappa shape index (κ3) is 1.80. The molecule has 1 aromatic rings. The maximum Gasteiger partial charge on any atom is 0.267 e. The van der Waals surface area contributed by atoms with Crippen molar-refractivity contribution < 1.29 is 4.79 Å². The van der Waals surface area contributed by atoms with Crippen LogP contribution in [0, 0.1) is 16.7 Å². The molecule has 4 nitrogen and oxygen atoms in total. The summed E-state index contributed by atoms with van der Waals surface area (Å²) in [5.74, 6) is 0.485. The van der Waals surface area contributed by atoms with Gasteiger partial charge in [-0.25, -0.2) is 0 Å². The van der Waals surface area contributed by atoms with Gasteiger partial charge in [0.15, 0.2) is 0 Å². The molecule has 1 saturated carbocycles. The minimum absolute atomic E-state index is 0.0484. The van der Waals surface area contributed by atoms with E-state index in [1.165, 1.54) is 0 Å². The zero-order chi connectivity index (χ0) is 13.7. The van der Waals surface area contributed by atoms with E-state index in [-0.39, 0.29) is 5.91 Å². The lowest BCUT2D eigenvalue weighted by Gasteiger charge is -2.07. The molecular weight excluding hydrogens is 226 g/mol. The van der Waals surface area contributed by atoms with Crippen molar-refractivity contribution in [3.63, 3.8) is 0 Å². The number of nitrogen functional groups attached to an aromatic ring is 1. The first-order chi connectivity index (χ1) is 8.18. The Morgan fingerprint density at radius 2 is 1.94 bits per heavy atom. The largest absolute Gasteiger partial charge is 0.397 e. The van der Waals surface area contributed by atoms with E-state index >= 15 is 0 Å². The molecule has 1 fully saturated rings. The highest BCUT2D eigenvalue weighted by atomic mass is 16.1. The molecule has 0 saturated heterocycles. The van der Waals surface area contributed by atoms with Crippen molar-refractivity contribution in [2.75, 3.05) is 12.3 Å². The van der Waals surface area contributed by atoms with Crippen LogP contribution in [0.5, 0.6) is 0 Å². The number of carbonyl (C=O) groups excluding carboxylic acids is 1. The van der Waals surface area contributed by atoms with Gasteiger partial charge in [-0.1, -0.05) is 27.7 Å². The molecule has 0 atom stereocenters. The summed E-state index contributed by atoms with van der Waals surface area (Å²) >= 11 is 0. The van der Waals surface area contributed by atoms with E-state index in [4.69, 9.17) is 5.73 Å². The SMILES string of the molecule is Cn1cc(N)cc1C(=O)NCC1C(C)(C)C1(C)C. The lowest BCUT2D eigenvalue weighted by molar-refractivity contribution is 0.0942. The third-order valence-electron chi connectivity index (χ3n) is 5.05. The minimum atomic E-state index is -0.0484. The second-order valence-corrected chi connectivity index (χ2v) is 6.48. The highest BCUT2D eigenvalue weighted by molar-refractivity contribution is 5.93. The van der Waals surface area contributed by atoms with E-state index in [2.05, 4.69) is 33.0 Å². The van der Waals surface area contributed by atoms with Gasteiger partial charge < -0.3 is 15.6 Å². The summed E-state index contributed by atoms with van der Waals surface area (Å²) in [5.41, 5.74) is 7.50. The standard InChI is InChI=1S/C14H23N3O/c1-13(2)11(14(13,3)4)7-16-12(18)10-6-9(15)8-17(10)5/h6,8,11H,7,15H2,1-5H3,(H,16,18). The number of aromatic nitrogens is 1. The number of nitrogens with one attached hydrogen (secondary N) is 1. The number of carbonyl (C=O) groups is 1. The van der Waals surface area contributed by atoms with Crippen LogP contribution in [0.25, 0.3) is 0 Å². The summed E-state index contributed by atoms with van der Waals surface area (Å²) in [6.07, 6.45) is 1.75. The molecule has 4 heteroatoms. The van der Waals surface area contributed by atoms with Gasteiger partial charge in [-0.2, -0.15) is 0 Å². The summed E-state index contributed by atoms with van der Waals surface area (Å²) in [5, 5.41) is 3.01. The quantitative estimate of drug-likeness (QED) is 0.861. The Labute approximate surface area is 109 Å². The molecule has 3 N–H and O–H groups in total. The molecule has 1 aromatic heterocycles. The van der Waals surface area contributed by atoms with Crippen LogP contribution in [0.15, 0.2) is 12.3 Å². The van der Waals surface area contributed by atoms with Crippen LogP contribution < -0.4 is 11.1 Å². The normalized spacial score (nSPS) is 20.7. The topological polar surface area (TPSA) is 60.0 Å². The zero-order valence-electron chi connectivity index (χ0n) is 11.9. The molecule has 0 radical (unpaired) electrons. The van der Waals surface area contributed by atoms with Gasteiger partial charge in [-0.3, -0.25) is 4.79 Å². The Balaban J connectivity index is 1.97. The average molecular weight is 249 g/mol. The van der Waals surface area contributed by atoms with Crippen LogP contribution in [-0.4, -0.2) is 17.0 Å². The summed E-state index contributed by atoms with van der Waals surface area (Å²) in [6, 6.07) is 1.71. The summed E-state index contributed by atoms with van der Waals surface area (Å²) in [4.78, 5) is 12.0. The van der Waals surface area contributed by atoms with Gasteiger partial charge in [0.25, 0.3) is 5.91 Å². The van der Waals surface area contributed by atoms with Gasteiger partial charge in [0.2, 0.25) is 0 Å². The Hall–Kier alpha value is -1.45. The molecule has 0 aliphatic heterocycles. The zero-order valence-corrected chi connectivity index (χ0v) is 11.9. The van der Waals surface area contributed by atoms with Crippen molar-refractivity contribution in [2.45, 2.75) is 27.7 Å². The fourth-order valence-corrected chi connectivity index (χ4v) is 2.94. The van der Waals surface area contributed by atoms with Gasteiger partial charge in [0.1, 0.15) is 5.69 Å². The number of hydrogen-bond acceptors (Lipinski definition) is 2. The lowest BCUT2D eigenvalue weighted by Crippen LogP contribution is -2.28. The van der Waals surface area contributed by atoms with Gasteiger partial charge >= 0.3 is 0 Å². The number of rotatable bonds is 3. The predicted octanol–water partition coefficient (Wildman–Crippen LogP) is 2.02. The molecule has 0 unspecified atom stereocenters. The number of anilines is 1. The molecular formula is C14H23N3O. The Kier molecular flexibility index (Phi) is 2.72. The summed E-state index contributed by atoms with van der Waals surface area (Å²) < 4.78 is 1.76. The van der Waals surface area contributed by atoms with Crippen molar-refractivity contribution in [3.05, 3.63) is 18.0 Å². The highest BCUT2D eigenvalue weighted by Crippen LogP contribution is 2.67. The second-order valence-electron chi connectivity index (χ2n) is 6.48. The van der Waals surface area contributed by atoms with E-state index in [1.807, 2.05) is 7.05 Å². The molecule has 0 bridgehead atoms. The van der Waals surface area contributed by atoms with Crippen molar-refractivity contribution in [2.24, 2.45) is 23.8 Å². The molecule has 0 aromatic carbocycles. The first-order valence-electron chi connectivity index (χ1n) is 6.38. The van der Waals surface area contributed by atoms with Crippen molar-refractivity contribution in [1.82, 2.24) is 9.88 Å². The van der Waals surface area contributed by atoms with Gasteiger partial charge in [-0.15, -0.1) is 0 Å². The molecule has 100 valence electrons. The molecule has 2 rings (SSSR count). The predicted molar refractivity (Wildman–Crippen MR) is 73.2 cm³/mol. The third-order valence-corrected chi connectivity index (χ3v) is 5.05. The van der Waals surface area contributed by atoms with E-state index in [0.29, 0.717) is 28.1 Å². The maximum atomic E-state index is 12.0. The fraction of sp³-hybridized carbons (Fsp3) is 0.643. The van der Waals surface area contributed by atoms with E-state index in [1.54, 1.807) is 16.8 Å². The van der Waals surface area contributed by atoms with Crippen molar-refractivity contribution in [1.29, 1.82) is 0 Å². The van der Waals surface area contributed by atoms with Gasteiger partial charge in [0, 0.05) is 19.8 Å². The second kappa shape index (κ2) is 3.77. The maximum absolute atomic E-state index is 12.0. The number of nitrogens with zero attached hydrogens (tertiary/aromatic N) is 1. The van der Waals surface area contributed by atoms with Gasteiger partial charge in [-0.05, 0) is 22.8 Å². The number of hydrogen-bond donors (Lipinski definition) is 2. The monoisotopic (exact) mass is 249 g/mol. The number of amides is 1. The van der Waals surface area contributed by atoms with Crippen LogP contribution in [0.1, 0.15) is 38.2 Å². The smallest absolute Gasteiger partial charge is 0.267 e. The minimum Gasteiger partial charge on any atom is -0.397 e. The van der Waals surface area contributed by atoms with Crippen LogP contribution in [0.2, 0.25) is 0 Å². The Morgan fingerprint density at radius 1 is 1.39 bits per heavy atom. The van der Waals surface area contributed by atoms with Crippen LogP contribution in [0.4, 0.5) is 5.69 Å². The van der Waals surface area contributed by atoms with E-state index in [0.717, 1.165) is 6.54 Å². The lowest BCUT2D eigenvalue weighted by atomic mass is 10.0. The number of aryl methyl sites for hydroxylation is 1. The molecule has 0 spiro atoms. The van der Waals surface area contributed by atoms with E-state index in [9.17, 15) is 4.79 Å². The number of nitrogens with two attached hydrogens (primary N) is 1. The van der Waals surface area contributed by atoms with E-state index < -0.39 is 0 Å². The fourth-order valence-electron chi connectivity index (χ4n) is 2.94. The Morgan fingerprint density at radius 3 is 2.33 bits per heavy atom. The van der Waals surface area contributed by atoms with Crippen molar-refractivity contribution in [3.8, 4) is 0 Å². The Bertz CT molecular complexity index is 471. The summed E-state index contributed by atoms with van der Waals surface area (Å²) in [6.45, 7) is 9.74. The molecule has 18 heavy (non-hydrogen) atoms. The first-order valence-corrected chi connectivity index (χ1v) is 6.38. The summed E-state index contributed by atoms with van der Waals surface area (Å²) in [7, 11) is 1.83. The van der Waals surface area contributed by atoms with Gasteiger partial charge in [0.05, 0.1) is 5.69 Å².